The van der Waals surface area contributed by atoms with Gasteiger partial charge in [0.25, 0.3) is 0 Å². The van der Waals surface area contributed by atoms with Crippen LogP contribution in [-0.2, 0) is 14.3 Å². The highest BCUT2D eigenvalue weighted by atomic mass is 16.5. The number of methoxy groups -OCH3 is 1. The van der Waals surface area contributed by atoms with Crippen LogP contribution in [0.3, 0.4) is 0 Å². The van der Waals surface area contributed by atoms with Crippen molar-refractivity contribution in [2.75, 3.05) is 7.11 Å². The van der Waals surface area contributed by atoms with E-state index in [9.17, 15) is 9.59 Å². The first-order valence-corrected chi connectivity index (χ1v) is 10.2. The smallest absolute Gasteiger partial charge is 0.337 e. The number of carbonyl (C=O) groups is 2. The lowest BCUT2D eigenvalue weighted by atomic mass is 9.75. The average molecular weight is 381 g/mol. The van der Waals surface area contributed by atoms with E-state index >= 15 is 0 Å². The lowest BCUT2D eigenvalue weighted by Crippen LogP contribution is -2.35. The van der Waals surface area contributed by atoms with Gasteiger partial charge in [-0.05, 0) is 63.1 Å². The third-order valence-corrected chi connectivity index (χ3v) is 6.02. The highest BCUT2D eigenvalue weighted by Crippen LogP contribution is 2.43. The second-order valence-electron chi connectivity index (χ2n) is 7.85. The summed E-state index contributed by atoms with van der Waals surface area (Å²) in [5.41, 5.74) is 3.94. The van der Waals surface area contributed by atoms with Crippen LogP contribution in [0.1, 0.15) is 63.4 Å². The Kier molecular flexibility index (Phi) is 5.25. The van der Waals surface area contributed by atoms with E-state index in [1.54, 1.807) is 7.11 Å². The van der Waals surface area contributed by atoms with E-state index in [0.29, 0.717) is 12.0 Å². The van der Waals surface area contributed by atoms with Gasteiger partial charge in [-0.25, -0.2) is 4.79 Å². The van der Waals surface area contributed by atoms with Gasteiger partial charge < -0.3 is 14.8 Å². The summed E-state index contributed by atoms with van der Waals surface area (Å²) >= 11 is 0. The van der Waals surface area contributed by atoms with E-state index in [0.717, 1.165) is 66.8 Å². The largest absolute Gasteiger partial charge is 0.497 e. The van der Waals surface area contributed by atoms with Crippen molar-refractivity contribution >= 4 is 11.8 Å². The molecule has 2 aliphatic carbocycles. The van der Waals surface area contributed by atoms with Crippen LogP contribution in [0.25, 0.3) is 0 Å². The fourth-order valence-corrected chi connectivity index (χ4v) is 4.60. The molecule has 3 aliphatic rings. The number of ketones is 1. The van der Waals surface area contributed by atoms with Crippen LogP contribution in [0.4, 0.5) is 0 Å². The Morgan fingerprint density at radius 3 is 2.46 bits per heavy atom. The SMILES string of the molecule is COc1ccc([C@@H]2C(C(=O)OC3CCCC3)=C(C)NC3=C2C(=O)CCC3)cc1. The minimum atomic E-state index is -0.385. The van der Waals surface area contributed by atoms with E-state index in [-0.39, 0.29) is 23.8 Å². The van der Waals surface area contributed by atoms with E-state index < -0.39 is 0 Å². The Labute approximate surface area is 165 Å². The molecule has 5 heteroatoms. The van der Waals surface area contributed by atoms with Crippen LogP contribution in [0.15, 0.2) is 46.8 Å². The number of esters is 1. The van der Waals surface area contributed by atoms with E-state index in [1.807, 2.05) is 31.2 Å². The molecule has 0 aromatic heterocycles. The maximum atomic E-state index is 13.2. The molecular formula is C23H27NO4. The molecule has 1 aromatic rings. The van der Waals surface area contributed by atoms with Crippen molar-refractivity contribution in [2.45, 2.75) is 63.9 Å². The first-order chi connectivity index (χ1) is 13.6. The average Bonchev–Trinajstić information content (AvgIpc) is 3.20. The number of nitrogens with one attached hydrogen (secondary N) is 1. The van der Waals surface area contributed by atoms with Crippen molar-refractivity contribution in [3.8, 4) is 5.75 Å². The minimum absolute atomic E-state index is 0.0123. The second kappa shape index (κ2) is 7.82. The van der Waals surface area contributed by atoms with Crippen LogP contribution in [0, 0.1) is 0 Å². The standard InChI is InChI=1S/C23H27NO4/c1-14-20(23(26)28-17-6-3-4-7-17)21(15-10-12-16(27-2)13-11-15)22-18(24-14)8-5-9-19(22)25/h10-13,17,21,24H,3-9H2,1-2H3/t21-/m1/s1. The molecular weight excluding hydrogens is 354 g/mol. The molecule has 1 atom stereocenters. The van der Waals surface area contributed by atoms with Gasteiger partial charge in [-0.3, -0.25) is 4.79 Å². The summed E-state index contributed by atoms with van der Waals surface area (Å²) in [5.74, 6) is 0.178. The van der Waals surface area contributed by atoms with Crippen molar-refractivity contribution in [2.24, 2.45) is 0 Å². The van der Waals surface area contributed by atoms with Gasteiger partial charge in [0.1, 0.15) is 11.9 Å². The molecule has 1 aromatic carbocycles. The van der Waals surface area contributed by atoms with Gasteiger partial charge in [0.2, 0.25) is 0 Å². The summed E-state index contributed by atoms with van der Waals surface area (Å²) in [7, 11) is 1.62. The summed E-state index contributed by atoms with van der Waals surface area (Å²) < 4.78 is 11.1. The van der Waals surface area contributed by atoms with E-state index in [4.69, 9.17) is 9.47 Å². The molecule has 1 N–H and O–H groups in total. The van der Waals surface area contributed by atoms with Gasteiger partial charge in [-0.2, -0.15) is 0 Å². The Morgan fingerprint density at radius 1 is 1.07 bits per heavy atom. The summed E-state index contributed by atoms with van der Waals surface area (Å²) in [5, 5.41) is 3.34. The summed E-state index contributed by atoms with van der Waals surface area (Å²) in [6.07, 6.45) is 6.23. The first kappa shape index (κ1) is 18.8. The van der Waals surface area contributed by atoms with Crippen LogP contribution in [0.2, 0.25) is 0 Å². The van der Waals surface area contributed by atoms with Gasteiger partial charge in [-0.1, -0.05) is 12.1 Å². The van der Waals surface area contributed by atoms with Crippen molar-refractivity contribution in [1.82, 2.24) is 5.32 Å². The lowest BCUT2D eigenvalue weighted by Gasteiger charge is -2.34. The number of dihydropyridines is 1. The fourth-order valence-electron chi connectivity index (χ4n) is 4.60. The zero-order valence-corrected chi connectivity index (χ0v) is 16.5. The Balaban J connectivity index is 1.75. The fraction of sp³-hybridized carbons (Fsp3) is 0.478. The highest BCUT2D eigenvalue weighted by molar-refractivity contribution is 6.03. The molecule has 1 aliphatic heterocycles. The zero-order chi connectivity index (χ0) is 19.7. The molecule has 148 valence electrons. The number of benzene rings is 1. The summed E-state index contributed by atoms with van der Waals surface area (Å²) in [6, 6.07) is 7.63. The van der Waals surface area contributed by atoms with Crippen LogP contribution >= 0.6 is 0 Å². The molecule has 1 saturated carbocycles. The Bertz CT molecular complexity index is 844. The molecule has 0 radical (unpaired) electrons. The molecule has 28 heavy (non-hydrogen) atoms. The molecule has 1 heterocycles. The number of hydrogen-bond acceptors (Lipinski definition) is 5. The quantitative estimate of drug-likeness (QED) is 0.794. The second-order valence-corrected chi connectivity index (χ2v) is 7.85. The zero-order valence-electron chi connectivity index (χ0n) is 16.5. The maximum Gasteiger partial charge on any atom is 0.337 e. The van der Waals surface area contributed by atoms with Crippen molar-refractivity contribution < 1.29 is 19.1 Å². The number of ether oxygens (including phenoxy) is 2. The van der Waals surface area contributed by atoms with Gasteiger partial charge >= 0.3 is 5.97 Å². The van der Waals surface area contributed by atoms with Crippen molar-refractivity contribution in [3.05, 3.63) is 52.4 Å². The number of carbonyl (C=O) groups excluding carboxylic acids is 2. The number of allylic oxidation sites excluding steroid dienone is 3. The predicted molar refractivity (Wildman–Crippen MR) is 106 cm³/mol. The monoisotopic (exact) mass is 381 g/mol. The molecule has 0 unspecified atom stereocenters. The highest BCUT2D eigenvalue weighted by Gasteiger charge is 2.39. The predicted octanol–water partition coefficient (Wildman–Crippen LogP) is 4.15. The molecule has 0 saturated heterocycles. The minimum Gasteiger partial charge on any atom is -0.497 e. The third-order valence-electron chi connectivity index (χ3n) is 6.02. The van der Waals surface area contributed by atoms with E-state index in [1.165, 1.54) is 0 Å². The molecule has 0 bridgehead atoms. The maximum absolute atomic E-state index is 13.2. The molecule has 0 amide bonds. The van der Waals surface area contributed by atoms with Gasteiger partial charge in [-0.15, -0.1) is 0 Å². The van der Waals surface area contributed by atoms with E-state index in [2.05, 4.69) is 5.32 Å². The van der Waals surface area contributed by atoms with Gasteiger partial charge in [0.05, 0.1) is 12.7 Å². The Hall–Kier alpha value is -2.56. The molecule has 1 fully saturated rings. The van der Waals surface area contributed by atoms with Crippen molar-refractivity contribution in [1.29, 1.82) is 0 Å². The lowest BCUT2D eigenvalue weighted by molar-refractivity contribution is -0.144. The van der Waals surface area contributed by atoms with Gasteiger partial charge in [0, 0.05) is 29.3 Å². The normalized spacial score (nSPS) is 22.8. The number of rotatable bonds is 4. The Morgan fingerprint density at radius 2 is 1.79 bits per heavy atom. The topological polar surface area (TPSA) is 64.6 Å². The molecule has 5 nitrogen and oxygen atoms in total. The number of hydrogen-bond donors (Lipinski definition) is 1. The molecule has 0 spiro atoms. The number of Topliss-reactive ketones (excluding diaryl/α,β-unsaturated/α-hetero) is 1. The summed E-state index contributed by atoms with van der Waals surface area (Å²) in [6.45, 7) is 1.91. The van der Waals surface area contributed by atoms with Crippen molar-refractivity contribution in [3.63, 3.8) is 0 Å². The van der Waals surface area contributed by atoms with Crippen LogP contribution < -0.4 is 10.1 Å². The van der Waals surface area contributed by atoms with Crippen LogP contribution in [0.5, 0.6) is 5.75 Å². The van der Waals surface area contributed by atoms with Gasteiger partial charge in [0.15, 0.2) is 5.78 Å². The third kappa shape index (κ3) is 3.46. The molecule has 4 rings (SSSR count). The summed E-state index contributed by atoms with van der Waals surface area (Å²) in [4.78, 5) is 26.0. The first-order valence-electron chi connectivity index (χ1n) is 10.2. The van der Waals surface area contributed by atoms with Crippen LogP contribution in [-0.4, -0.2) is 25.0 Å².